The molecule has 5 heterocycles. The number of methoxy groups -OCH3 is 1. The van der Waals surface area contributed by atoms with Crippen LogP contribution >= 0.6 is 0 Å². The van der Waals surface area contributed by atoms with Crippen LogP contribution in [0.3, 0.4) is 0 Å². The van der Waals surface area contributed by atoms with Crippen molar-refractivity contribution < 1.29 is 23.1 Å². The highest BCUT2D eigenvalue weighted by Gasteiger charge is 2.29. The Hall–Kier alpha value is -5.94. The minimum Gasteiger partial charge on any atom is -0.493 e. The van der Waals surface area contributed by atoms with Gasteiger partial charge in [-0.2, -0.15) is 5.26 Å². The van der Waals surface area contributed by atoms with Gasteiger partial charge in [0.1, 0.15) is 11.5 Å². The molecular formula is C39H41F2N9O3. The number of anilines is 1. The molecule has 7 rings (SSSR count). The molecule has 1 fully saturated rings. The standard InChI is InChI=1S/C39H41F2N9O3/c1-39(2,24-42)27-8-6-25(7-9-27)29-20-30(26-5-4-12-49(23-26)34(51)10-13-50-14-11-44-46-50)35(41)36-31(29)21-32(45-36)38(52)48-17-15-47(16-18-48)37-33(53-3)19-28(40)22-43-37/h5-9,11,14,19-22,44-46H,4,10,12-13,15-18,23H2,1-3H3. The van der Waals surface area contributed by atoms with Crippen molar-refractivity contribution in [3.05, 3.63) is 95.6 Å². The minimum atomic E-state index is -0.696. The van der Waals surface area contributed by atoms with Crippen molar-refractivity contribution in [1.29, 1.82) is 5.26 Å². The molecule has 0 aliphatic carbocycles. The maximum absolute atomic E-state index is 16.7. The Morgan fingerprint density at radius 1 is 1.02 bits per heavy atom. The molecule has 3 N–H and O–H groups in total. The van der Waals surface area contributed by atoms with Crippen molar-refractivity contribution >= 4 is 34.1 Å². The van der Waals surface area contributed by atoms with E-state index < -0.39 is 17.0 Å². The van der Waals surface area contributed by atoms with Crippen molar-refractivity contribution in [2.75, 3.05) is 57.8 Å². The zero-order chi connectivity index (χ0) is 37.3. The molecular weight excluding hydrogens is 680 g/mol. The molecule has 3 aliphatic heterocycles. The van der Waals surface area contributed by atoms with E-state index in [9.17, 15) is 19.2 Å². The van der Waals surface area contributed by atoms with Crippen LogP contribution in [-0.2, 0) is 10.2 Å². The maximum atomic E-state index is 16.7. The molecule has 1 saturated heterocycles. The molecule has 0 bridgehead atoms. The fourth-order valence-corrected chi connectivity index (χ4v) is 7.01. The lowest BCUT2D eigenvalue weighted by molar-refractivity contribution is -0.131. The SMILES string of the molecule is COc1cc(F)cnc1N1CCN(C(=O)c2cc3c(-c4ccc(C(C)(C)C#N)cc4)cc(C4=CCCN(C(=O)CCN5C=CNN5)C4)c(F)c3[nH]2)CC1. The summed E-state index contributed by atoms with van der Waals surface area (Å²) >= 11 is 0. The van der Waals surface area contributed by atoms with Gasteiger partial charge < -0.3 is 29.8 Å². The molecule has 0 spiro atoms. The number of hydrogen-bond donors (Lipinski definition) is 3. The predicted octanol–water partition coefficient (Wildman–Crippen LogP) is 5.08. The molecule has 3 aliphatic rings. The minimum absolute atomic E-state index is 0.0309. The van der Waals surface area contributed by atoms with Gasteiger partial charge in [-0.1, -0.05) is 30.3 Å². The summed E-state index contributed by atoms with van der Waals surface area (Å²) < 4.78 is 35.8. The first kappa shape index (κ1) is 35.5. The highest BCUT2D eigenvalue weighted by atomic mass is 19.1. The van der Waals surface area contributed by atoms with E-state index in [1.807, 2.05) is 55.3 Å². The number of nitrogens with zero attached hydrogens (tertiary/aromatic N) is 6. The Labute approximate surface area is 306 Å². The number of fused-ring (bicyclic) bond motifs is 1. The molecule has 53 heavy (non-hydrogen) atoms. The van der Waals surface area contributed by atoms with E-state index >= 15 is 4.39 Å². The first-order chi connectivity index (χ1) is 25.6. The number of halogens is 2. The lowest BCUT2D eigenvalue weighted by Crippen LogP contribution is -2.49. The van der Waals surface area contributed by atoms with Crippen molar-refractivity contribution in [3.63, 3.8) is 0 Å². The van der Waals surface area contributed by atoms with E-state index in [0.717, 1.165) is 22.9 Å². The van der Waals surface area contributed by atoms with Crippen LogP contribution in [0.4, 0.5) is 14.6 Å². The summed E-state index contributed by atoms with van der Waals surface area (Å²) in [6.07, 6.45) is 7.53. The number of amides is 2. The van der Waals surface area contributed by atoms with Gasteiger partial charge in [0.05, 0.1) is 30.3 Å². The second-order valence-electron chi connectivity index (χ2n) is 13.9. The van der Waals surface area contributed by atoms with Crippen molar-refractivity contribution in [1.82, 2.24) is 35.7 Å². The quantitative estimate of drug-likeness (QED) is 0.217. The number of hydrazine groups is 2. The van der Waals surface area contributed by atoms with E-state index in [-0.39, 0.29) is 36.0 Å². The Bertz CT molecular complexity index is 2150. The van der Waals surface area contributed by atoms with Crippen LogP contribution in [0.25, 0.3) is 27.6 Å². The number of carbonyl (C=O) groups is 2. The molecule has 12 nitrogen and oxygen atoms in total. The van der Waals surface area contributed by atoms with Crippen LogP contribution in [0, 0.1) is 23.0 Å². The molecule has 274 valence electrons. The Kier molecular flexibility index (Phi) is 9.76. The lowest BCUT2D eigenvalue weighted by Gasteiger charge is -2.35. The third kappa shape index (κ3) is 7.12. The van der Waals surface area contributed by atoms with Crippen LogP contribution in [-0.4, -0.2) is 89.5 Å². The van der Waals surface area contributed by atoms with Crippen LogP contribution < -0.4 is 20.6 Å². The third-order valence-corrected chi connectivity index (χ3v) is 10.1. The number of nitriles is 1. The van der Waals surface area contributed by atoms with E-state index in [1.54, 1.807) is 33.1 Å². The first-order valence-corrected chi connectivity index (χ1v) is 17.6. The Balaban J connectivity index is 1.19. The van der Waals surface area contributed by atoms with Gasteiger partial charge in [0.2, 0.25) is 5.91 Å². The maximum Gasteiger partial charge on any atom is 0.270 e. The largest absolute Gasteiger partial charge is 0.493 e. The van der Waals surface area contributed by atoms with Gasteiger partial charge in [0.15, 0.2) is 17.4 Å². The average molecular weight is 722 g/mol. The second-order valence-corrected chi connectivity index (χ2v) is 13.9. The first-order valence-electron chi connectivity index (χ1n) is 17.6. The van der Waals surface area contributed by atoms with Gasteiger partial charge in [-0.3, -0.25) is 14.6 Å². The summed E-state index contributed by atoms with van der Waals surface area (Å²) in [7, 11) is 1.46. The number of rotatable bonds is 9. The molecule has 0 atom stereocenters. The fourth-order valence-electron chi connectivity index (χ4n) is 7.01. The fraction of sp³-hybridized carbons (Fsp3) is 0.333. The zero-order valence-corrected chi connectivity index (χ0v) is 29.9. The van der Waals surface area contributed by atoms with Crippen LogP contribution in [0.5, 0.6) is 5.75 Å². The summed E-state index contributed by atoms with van der Waals surface area (Å²) in [6.45, 7) is 6.59. The lowest BCUT2D eigenvalue weighted by atomic mass is 9.85. The molecule has 14 heteroatoms. The predicted molar refractivity (Wildman–Crippen MR) is 197 cm³/mol. The van der Waals surface area contributed by atoms with E-state index in [4.69, 9.17) is 4.74 Å². The van der Waals surface area contributed by atoms with Crippen molar-refractivity contribution in [2.45, 2.75) is 32.1 Å². The molecule has 0 saturated carbocycles. The van der Waals surface area contributed by atoms with Crippen LogP contribution in [0.15, 0.2) is 67.1 Å². The number of nitrogens with one attached hydrogen (secondary N) is 3. The number of carbonyl (C=O) groups excluding carboxylic acids is 2. The summed E-state index contributed by atoms with van der Waals surface area (Å²) in [6, 6.07) is 14.7. The van der Waals surface area contributed by atoms with E-state index in [1.165, 1.54) is 13.2 Å². The molecule has 0 radical (unpaired) electrons. The van der Waals surface area contributed by atoms with Crippen molar-refractivity contribution in [2.24, 2.45) is 0 Å². The highest BCUT2D eigenvalue weighted by molar-refractivity contribution is 6.04. The summed E-state index contributed by atoms with van der Waals surface area (Å²) in [5.41, 5.74) is 8.95. The normalized spacial score (nSPS) is 16.1. The molecule has 2 amide bonds. The Morgan fingerprint density at radius 3 is 2.49 bits per heavy atom. The van der Waals surface area contributed by atoms with Gasteiger partial charge in [-0.15, -0.1) is 5.53 Å². The monoisotopic (exact) mass is 721 g/mol. The molecule has 2 aromatic heterocycles. The van der Waals surface area contributed by atoms with Gasteiger partial charge >= 0.3 is 0 Å². The number of aromatic amines is 1. The van der Waals surface area contributed by atoms with Crippen LogP contribution in [0.2, 0.25) is 0 Å². The summed E-state index contributed by atoms with van der Waals surface area (Å²) in [5, 5.41) is 12.0. The number of H-pyrrole nitrogens is 1. The number of benzene rings is 2. The van der Waals surface area contributed by atoms with E-state index in [2.05, 4.69) is 27.0 Å². The van der Waals surface area contributed by atoms with Gasteiger partial charge in [0.25, 0.3) is 5.91 Å². The molecule has 2 aromatic carbocycles. The number of hydrogen-bond acceptors (Lipinski definition) is 9. The zero-order valence-electron chi connectivity index (χ0n) is 29.9. The number of ether oxygens (including phenoxy) is 1. The van der Waals surface area contributed by atoms with E-state index in [0.29, 0.717) is 73.8 Å². The number of pyridine rings is 1. The van der Waals surface area contributed by atoms with Gasteiger partial charge in [-0.25, -0.2) is 13.8 Å². The van der Waals surface area contributed by atoms with Crippen LogP contribution in [0.1, 0.15) is 48.3 Å². The second kappa shape index (κ2) is 14.6. The Morgan fingerprint density at radius 2 is 1.79 bits per heavy atom. The number of aromatic nitrogens is 2. The van der Waals surface area contributed by atoms with Gasteiger partial charge in [-0.05, 0) is 54.7 Å². The third-order valence-electron chi connectivity index (χ3n) is 10.1. The van der Waals surface area contributed by atoms with Gasteiger partial charge in [0, 0.05) is 81.7 Å². The summed E-state index contributed by atoms with van der Waals surface area (Å²) in [4.78, 5) is 39.9. The number of piperazine rings is 1. The summed E-state index contributed by atoms with van der Waals surface area (Å²) in [5.74, 6) is -0.478. The molecule has 0 unspecified atom stereocenters. The smallest absolute Gasteiger partial charge is 0.270 e. The highest BCUT2D eigenvalue weighted by Crippen LogP contribution is 2.38. The topological polar surface area (TPSA) is 133 Å². The average Bonchev–Trinajstić information content (AvgIpc) is 3.88. The molecule has 4 aromatic rings. The van der Waals surface area contributed by atoms with Crippen molar-refractivity contribution in [3.8, 4) is 22.9 Å².